The summed E-state index contributed by atoms with van der Waals surface area (Å²) >= 11 is 3.81. The Morgan fingerprint density at radius 1 is 1.30 bits per heavy atom. The molecular weight excluding hydrogens is 142 g/mol. The maximum Gasteiger partial charge on any atom is 0.0554 e. The standard InChI is InChI=1S/C7H14.CHNS/c1-7-5-3-2-4-6-7;2-1-3/h7H,2-6H2,1H3;2H. The van der Waals surface area contributed by atoms with Gasteiger partial charge in [0.05, 0.1) is 5.16 Å². The molecule has 1 aliphatic carbocycles. The highest BCUT2D eigenvalue weighted by Crippen LogP contribution is 2.21. The van der Waals surface area contributed by atoms with Crippen molar-refractivity contribution >= 4 is 17.4 Å². The van der Waals surface area contributed by atoms with Gasteiger partial charge in [0.15, 0.2) is 0 Å². The fraction of sp³-hybridized carbons (Fsp3) is 0.875. The lowest BCUT2D eigenvalue weighted by Crippen LogP contribution is -1.99. The van der Waals surface area contributed by atoms with E-state index in [0.717, 1.165) is 5.92 Å². The maximum atomic E-state index is 5.77. The van der Waals surface area contributed by atoms with Crippen LogP contribution in [0.5, 0.6) is 0 Å². The highest BCUT2D eigenvalue weighted by atomic mass is 32.1. The van der Waals surface area contributed by atoms with E-state index in [2.05, 4.69) is 19.1 Å². The molecule has 0 saturated heterocycles. The molecule has 0 aromatic heterocycles. The molecule has 0 atom stereocenters. The summed E-state index contributed by atoms with van der Waals surface area (Å²) < 4.78 is 0. The third-order valence-electron chi connectivity index (χ3n) is 1.89. The van der Waals surface area contributed by atoms with Gasteiger partial charge in [-0.2, -0.15) is 0 Å². The third-order valence-corrected chi connectivity index (χ3v) is 1.89. The molecule has 0 spiro atoms. The molecule has 0 aromatic carbocycles. The van der Waals surface area contributed by atoms with Crippen LogP contribution in [-0.2, 0) is 0 Å². The maximum absolute atomic E-state index is 5.77. The van der Waals surface area contributed by atoms with E-state index in [9.17, 15) is 0 Å². The largest absolute Gasteiger partial charge is 0.248 e. The molecule has 1 fully saturated rings. The van der Waals surface area contributed by atoms with Crippen molar-refractivity contribution in [2.24, 2.45) is 5.92 Å². The minimum absolute atomic E-state index is 1.04. The predicted octanol–water partition coefficient (Wildman–Crippen LogP) is 3.25. The van der Waals surface area contributed by atoms with E-state index in [4.69, 9.17) is 5.41 Å². The fourth-order valence-corrected chi connectivity index (χ4v) is 1.31. The van der Waals surface area contributed by atoms with Crippen molar-refractivity contribution in [3.63, 3.8) is 0 Å². The monoisotopic (exact) mass is 157 g/mol. The number of isothiocyanates is 1. The van der Waals surface area contributed by atoms with Crippen LogP contribution in [-0.4, -0.2) is 5.16 Å². The van der Waals surface area contributed by atoms with Crippen LogP contribution in [0.2, 0.25) is 0 Å². The summed E-state index contributed by atoms with van der Waals surface area (Å²) in [5.74, 6) is 1.04. The van der Waals surface area contributed by atoms with Crippen molar-refractivity contribution < 1.29 is 0 Å². The van der Waals surface area contributed by atoms with E-state index in [1.54, 1.807) is 5.16 Å². The first-order valence-corrected chi connectivity index (χ1v) is 4.26. The van der Waals surface area contributed by atoms with Crippen molar-refractivity contribution in [3.8, 4) is 0 Å². The highest BCUT2D eigenvalue weighted by molar-refractivity contribution is 7.78. The highest BCUT2D eigenvalue weighted by Gasteiger charge is 2.05. The Morgan fingerprint density at radius 2 is 1.70 bits per heavy atom. The van der Waals surface area contributed by atoms with Gasteiger partial charge in [0, 0.05) is 0 Å². The zero-order chi connectivity index (χ0) is 7.82. The second-order valence-electron chi connectivity index (χ2n) is 2.85. The fourth-order valence-electron chi connectivity index (χ4n) is 1.31. The number of rotatable bonds is 0. The van der Waals surface area contributed by atoms with Gasteiger partial charge in [-0.05, 0) is 18.1 Å². The van der Waals surface area contributed by atoms with Crippen LogP contribution < -0.4 is 0 Å². The lowest BCUT2D eigenvalue weighted by molar-refractivity contribution is 0.385. The van der Waals surface area contributed by atoms with Crippen LogP contribution in [0, 0.1) is 11.3 Å². The van der Waals surface area contributed by atoms with E-state index in [1.807, 2.05) is 0 Å². The second kappa shape index (κ2) is 6.91. The first kappa shape index (κ1) is 9.80. The lowest BCUT2D eigenvalue weighted by Gasteiger charge is -2.15. The molecular formula is C8H15NS. The lowest BCUT2D eigenvalue weighted by atomic mass is 9.91. The molecule has 10 heavy (non-hydrogen) atoms. The molecule has 0 amide bonds. The molecule has 0 aliphatic heterocycles. The summed E-state index contributed by atoms with van der Waals surface area (Å²) in [7, 11) is 0. The Morgan fingerprint density at radius 3 is 1.90 bits per heavy atom. The zero-order valence-electron chi connectivity index (χ0n) is 6.52. The molecule has 0 unspecified atom stereocenters. The first-order chi connectivity index (χ1) is 4.81. The molecule has 0 bridgehead atoms. The minimum atomic E-state index is 1.04. The van der Waals surface area contributed by atoms with E-state index in [1.165, 1.54) is 32.1 Å². The topological polar surface area (TPSA) is 23.9 Å². The van der Waals surface area contributed by atoms with Crippen molar-refractivity contribution in [1.29, 1.82) is 5.41 Å². The zero-order valence-corrected chi connectivity index (χ0v) is 7.34. The van der Waals surface area contributed by atoms with Crippen LogP contribution >= 0.6 is 12.2 Å². The average Bonchev–Trinajstić information content (AvgIpc) is 1.91. The van der Waals surface area contributed by atoms with Gasteiger partial charge in [0.1, 0.15) is 0 Å². The summed E-state index contributed by atoms with van der Waals surface area (Å²) in [5, 5.41) is 7.36. The van der Waals surface area contributed by atoms with Crippen molar-refractivity contribution in [1.82, 2.24) is 0 Å². The van der Waals surface area contributed by atoms with Gasteiger partial charge in [0.2, 0.25) is 0 Å². The van der Waals surface area contributed by atoms with Gasteiger partial charge in [-0.1, -0.05) is 39.0 Å². The van der Waals surface area contributed by atoms with Crippen molar-refractivity contribution in [2.45, 2.75) is 39.0 Å². The Kier molecular flexibility index (Phi) is 6.78. The van der Waals surface area contributed by atoms with Crippen molar-refractivity contribution in [2.75, 3.05) is 0 Å². The summed E-state index contributed by atoms with van der Waals surface area (Å²) in [6.07, 6.45) is 7.44. The van der Waals surface area contributed by atoms with E-state index in [0.29, 0.717) is 0 Å². The first-order valence-electron chi connectivity index (χ1n) is 3.85. The van der Waals surface area contributed by atoms with Gasteiger partial charge in [-0.3, -0.25) is 0 Å². The molecule has 1 saturated carbocycles. The van der Waals surface area contributed by atoms with Crippen molar-refractivity contribution in [3.05, 3.63) is 0 Å². The van der Waals surface area contributed by atoms with Crippen LogP contribution in [0.4, 0.5) is 0 Å². The summed E-state index contributed by atoms with van der Waals surface area (Å²) in [4.78, 5) is 0. The molecule has 0 radical (unpaired) electrons. The van der Waals surface area contributed by atoms with Crippen LogP contribution in [0.3, 0.4) is 0 Å². The number of thiocarbonyl (C=S) groups is 1. The van der Waals surface area contributed by atoms with E-state index in [-0.39, 0.29) is 0 Å². The van der Waals surface area contributed by atoms with E-state index >= 15 is 0 Å². The normalized spacial score (nSPS) is 18.5. The van der Waals surface area contributed by atoms with Crippen LogP contribution in [0.1, 0.15) is 39.0 Å². The van der Waals surface area contributed by atoms with Gasteiger partial charge < -0.3 is 0 Å². The SMILES string of the molecule is CC1CCCCC1.N=C=S. The predicted molar refractivity (Wildman–Crippen MR) is 47.6 cm³/mol. The number of hydrogen-bond acceptors (Lipinski definition) is 2. The molecule has 1 aliphatic rings. The molecule has 1 N–H and O–H groups in total. The van der Waals surface area contributed by atoms with Crippen LogP contribution in [0.25, 0.3) is 0 Å². The Labute approximate surface area is 68.3 Å². The molecule has 0 aromatic rings. The molecule has 58 valence electrons. The van der Waals surface area contributed by atoms with Gasteiger partial charge in [-0.25, -0.2) is 5.41 Å². The molecule has 1 nitrogen and oxygen atoms in total. The quantitative estimate of drug-likeness (QED) is 0.423. The van der Waals surface area contributed by atoms with E-state index < -0.39 is 0 Å². The Hall–Kier alpha value is -0.200. The second-order valence-corrected chi connectivity index (χ2v) is 3.05. The van der Waals surface area contributed by atoms with Gasteiger partial charge in [-0.15, -0.1) is 0 Å². The molecule has 1 rings (SSSR count). The number of nitrogens with one attached hydrogen (secondary N) is 1. The smallest absolute Gasteiger partial charge is 0.0554 e. The molecule has 0 heterocycles. The third kappa shape index (κ3) is 5.93. The summed E-state index contributed by atoms with van der Waals surface area (Å²) in [6.45, 7) is 2.36. The number of hydrogen-bond donors (Lipinski definition) is 1. The Balaban J connectivity index is 0.000000236. The minimum Gasteiger partial charge on any atom is -0.248 e. The Bertz CT molecular complexity index is 99.8. The van der Waals surface area contributed by atoms with Gasteiger partial charge in [0.25, 0.3) is 0 Å². The van der Waals surface area contributed by atoms with Crippen LogP contribution in [0.15, 0.2) is 0 Å². The molecule has 2 heteroatoms. The summed E-state index contributed by atoms with van der Waals surface area (Å²) in [5.41, 5.74) is 0. The van der Waals surface area contributed by atoms with Gasteiger partial charge >= 0.3 is 0 Å². The summed E-state index contributed by atoms with van der Waals surface area (Å²) in [6, 6.07) is 0. The average molecular weight is 157 g/mol.